The fraction of sp³-hybridized carbons (Fsp3) is 0.667. The topological polar surface area (TPSA) is 39.6 Å². The van der Waals surface area contributed by atoms with E-state index >= 15 is 0 Å². The van der Waals surface area contributed by atoms with Gasteiger partial charge in [-0.1, -0.05) is 19.9 Å². The van der Waals surface area contributed by atoms with Crippen molar-refractivity contribution >= 4 is 0 Å². The van der Waals surface area contributed by atoms with Crippen LogP contribution in [0.4, 0.5) is 0 Å². The Balaban J connectivity index is 1.82. The van der Waals surface area contributed by atoms with Crippen LogP contribution in [0, 0.1) is 0 Å². The van der Waals surface area contributed by atoms with Gasteiger partial charge in [-0.25, -0.2) is 0 Å². The van der Waals surface area contributed by atoms with Crippen molar-refractivity contribution in [3.63, 3.8) is 0 Å². The molecule has 2 heterocycles. The van der Waals surface area contributed by atoms with E-state index in [-0.39, 0.29) is 6.61 Å². The Hall–Kier alpha value is -0.970. The van der Waals surface area contributed by atoms with Crippen molar-refractivity contribution in [2.75, 3.05) is 39.3 Å². The molecule has 0 unspecified atom stereocenters. The predicted octanol–water partition coefficient (Wildman–Crippen LogP) is 1.31. The third kappa shape index (κ3) is 4.27. The summed E-state index contributed by atoms with van der Waals surface area (Å²) in [7, 11) is 0. The number of aromatic nitrogens is 1. The molecule has 0 atom stereocenters. The second kappa shape index (κ2) is 6.98. The summed E-state index contributed by atoms with van der Waals surface area (Å²) >= 11 is 0. The number of aliphatic hydroxyl groups excluding tert-OH is 1. The van der Waals surface area contributed by atoms with Crippen molar-refractivity contribution in [2.24, 2.45) is 0 Å². The zero-order valence-corrected chi connectivity index (χ0v) is 12.0. The molecular formula is C15H25N3O. The lowest BCUT2D eigenvalue weighted by Crippen LogP contribution is -2.46. The number of hydrogen-bond donors (Lipinski definition) is 1. The summed E-state index contributed by atoms with van der Waals surface area (Å²) in [6, 6.07) is 4.34. The summed E-state index contributed by atoms with van der Waals surface area (Å²) in [6.45, 7) is 10.6. The van der Waals surface area contributed by atoms with Crippen molar-refractivity contribution in [1.82, 2.24) is 14.8 Å². The van der Waals surface area contributed by atoms with Crippen molar-refractivity contribution in [1.29, 1.82) is 0 Å². The first-order valence-corrected chi connectivity index (χ1v) is 7.19. The maximum Gasteiger partial charge on any atom is 0.0558 e. The molecule has 0 spiro atoms. The van der Waals surface area contributed by atoms with Gasteiger partial charge in [0, 0.05) is 45.5 Å². The fourth-order valence-corrected chi connectivity index (χ4v) is 2.41. The number of β-amino-alcohol motifs (C(OH)–C–C–N with tert-alkyl or cyclic N) is 1. The van der Waals surface area contributed by atoms with Crippen LogP contribution in [0.25, 0.3) is 0 Å². The largest absolute Gasteiger partial charge is 0.395 e. The molecule has 1 saturated heterocycles. The highest BCUT2D eigenvalue weighted by molar-refractivity contribution is 5.17. The molecule has 1 N–H and O–H groups in total. The highest BCUT2D eigenvalue weighted by Crippen LogP contribution is 2.14. The maximum absolute atomic E-state index is 8.93. The van der Waals surface area contributed by atoms with Gasteiger partial charge in [-0.3, -0.25) is 14.8 Å². The molecule has 1 aromatic rings. The Morgan fingerprint density at radius 1 is 1.16 bits per heavy atom. The van der Waals surface area contributed by atoms with E-state index in [9.17, 15) is 0 Å². The molecule has 0 aliphatic carbocycles. The van der Waals surface area contributed by atoms with Gasteiger partial charge in [-0.15, -0.1) is 0 Å². The number of nitrogens with zero attached hydrogens (tertiary/aromatic N) is 3. The Labute approximate surface area is 116 Å². The van der Waals surface area contributed by atoms with Crippen molar-refractivity contribution in [3.8, 4) is 0 Å². The Bertz CT molecular complexity index is 369. The fourth-order valence-electron chi connectivity index (χ4n) is 2.41. The van der Waals surface area contributed by atoms with E-state index in [1.165, 1.54) is 5.56 Å². The molecule has 0 radical (unpaired) electrons. The molecule has 1 fully saturated rings. The second-order valence-electron chi connectivity index (χ2n) is 5.58. The average molecular weight is 263 g/mol. The summed E-state index contributed by atoms with van der Waals surface area (Å²) in [5.74, 6) is 0.545. The molecule has 0 aromatic carbocycles. The monoisotopic (exact) mass is 263 g/mol. The first kappa shape index (κ1) is 14.4. The molecule has 4 heteroatoms. The molecule has 0 bridgehead atoms. The molecule has 0 amide bonds. The van der Waals surface area contributed by atoms with Gasteiger partial charge in [-0.2, -0.15) is 0 Å². The molecule has 0 saturated carbocycles. The first-order valence-electron chi connectivity index (χ1n) is 7.19. The summed E-state index contributed by atoms with van der Waals surface area (Å²) < 4.78 is 0. The zero-order valence-electron chi connectivity index (χ0n) is 12.0. The smallest absolute Gasteiger partial charge is 0.0558 e. The third-order valence-corrected chi connectivity index (χ3v) is 3.78. The minimum Gasteiger partial charge on any atom is -0.395 e. The lowest BCUT2D eigenvalue weighted by molar-refractivity contribution is 0.107. The van der Waals surface area contributed by atoms with Gasteiger partial charge >= 0.3 is 0 Å². The van der Waals surface area contributed by atoms with Crippen LogP contribution >= 0.6 is 0 Å². The van der Waals surface area contributed by atoms with Crippen LogP contribution < -0.4 is 0 Å². The average Bonchev–Trinajstić information content (AvgIpc) is 2.42. The summed E-state index contributed by atoms with van der Waals surface area (Å²) in [4.78, 5) is 9.30. The van der Waals surface area contributed by atoms with E-state index in [1.807, 2.05) is 6.20 Å². The number of piperazine rings is 1. The molecule has 1 aliphatic heterocycles. The first-order chi connectivity index (χ1) is 9.19. The molecular weight excluding hydrogens is 238 g/mol. The van der Waals surface area contributed by atoms with E-state index in [0.29, 0.717) is 5.92 Å². The minimum absolute atomic E-state index is 0.262. The predicted molar refractivity (Wildman–Crippen MR) is 77.1 cm³/mol. The molecule has 4 nitrogen and oxygen atoms in total. The van der Waals surface area contributed by atoms with Gasteiger partial charge in [0.2, 0.25) is 0 Å². The van der Waals surface area contributed by atoms with E-state index < -0.39 is 0 Å². The Morgan fingerprint density at radius 3 is 2.37 bits per heavy atom. The lowest BCUT2D eigenvalue weighted by Gasteiger charge is -2.34. The number of rotatable bonds is 5. The molecule has 1 aromatic heterocycles. The number of aliphatic hydroxyl groups is 1. The SMILES string of the molecule is CC(C)c1ccc(CN2CCN(CCO)CC2)nc1. The van der Waals surface area contributed by atoms with Gasteiger partial charge in [0.05, 0.1) is 12.3 Å². The van der Waals surface area contributed by atoms with Crippen LogP contribution in [-0.4, -0.2) is 59.2 Å². The van der Waals surface area contributed by atoms with E-state index in [2.05, 4.69) is 40.8 Å². The Morgan fingerprint density at radius 2 is 1.84 bits per heavy atom. The molecule has 1 aliphatic rings. The molecule has 19 heavy (non-hydrogen) atoms. The minimum atomic E-state index is 0.262. The maximum atomic E-state index is 8.93. The van der Waals surface area contributed by atoms with Gasteiger partial charge in [-0.05, 0) is 17.5 Å². The molecule has 2 rings (SSSR count). The number of hydrogen-bond acceptors (Lipinski definition) is 4. The standard InChI is InChI=1S/C15H25N3O/c1-13(2)14-3-4-15(16-11-14)12-18-7-5-17(6-8-18)9-10-19/h3-4,11,13,19H,5-10,12H2,1-2H3. The van der Waals surface area contributed by atoms with Crippen LogP contribution in [0.15, 0.2) is 18.3 Å². The summed E-state index contributed by atoms with van der Waals surface area (Å²) in [5, 5.41) is 8.93. The van der Waals surface area contributed by atoms with Crippen molar-refractivity contribution in [2.45, 2.75) is 26.3 Å². The zero-order chi connectivity index (χ0) is 13.7. The van der Waals surface area contributed by atoms with E-state index in [4.69, 9.17) is 5.11 Å². The van der Waals surface area contributed by atoms with Crippen LogP contribution in [0.3, 0.4) is 0 Å². The van der Waals surface area contributed by atoms with Gasteiger partial charge in [0.15, 0.2) is 0 Å². The van der Waals surface area contributed by atoms with Crippen LogP contribution in [-0.2, 0) is 6.54 Å². The van der Waals surface area contributed by atoms with Crippen molar-refractivity contribution < 1.29 is 5.11 Å². The van der Waals surface area contributed by atoms with Crippen molar-refractivity contribution in [3.05, 3.63) is 29.6 Å². The summed E-state index contributed by atoms with van der Waals surface area (Å²) in [5.41, 5.74) is 2.46. The van der Waals surface area contributed by atoms with Gasteiger partial charge < -0.3 is 5.11 Å². The van der Waals surface area contributed by atoms with E-state index in [0.717, 1.165) is 45.0 Å². The number of pyridine rings is 1. The normalized spacial score (nSPS) is 18.1. The van der Waals surface area contributed by atoms with E-state index in [1.54, 1.807) is 0 Å². The third-order valence-electron chi connectivity index (χ3n) is 3.78. The quantitative estimate of drug-likeness (QED) is 0.869. The van der Waals surface area contributed by atoms with Crippen LogP contribution in [0.1, 0.15) is 31.0 Å². The summed E-state index contributed by atoms with van der Waals surface area (Å²) in [6.07, 6.45) is 2.00. The lowest BCUT2D eigenvalue weighted by atomic mass is 10.1. The van der Waals surface area contributed by atoms with Gasteiger partial charge in [0.1, 0.15) is 0 Å². The molecule has 106 valence electrons. The van der Waals surface area contributed by atoms with Crippen LogP contribution in [0.2, 0.25) is 0 Å². The Kier molecular flexibility index (Phi) is 5.31. The highest BCUT2D eigenvalue weighted by Gasteiger charge is 2.16. The van der Waals surface area contributed by atoms with Gasteiger partial charge in [0.25, 0.3) is 0 Å². The highest BCUT2D eigenvalue weighted by atomic mass is 16.3. The second-order valence-corrected chi connectivity index (χ2v) is 5.58. The van der Waals surface area contributed by atoms with Crippen LogP contribution in [0.5, 0.6) is 0 Å².